The van der Waals surface area contributed by atoms with E-state index in [1.165, 1.54) is 11.8 Å². The number of urea groups is 1. The zero-order valence-corrected chi connectivity index (χ0v) is 16.6. The Labute approximate surface area is 163 Å². The number of hydrogen-bond acceptors (Lipinski definition) is 5. The van der Waals surface area contributed by atoms with Crippen molar-refractivity contribution in [2.75, 3.05) is 17.6 Å². The topological polar surface area (TPSA) is 102 Å². The van der Waals surface area contributed by atoms with Crippen molar-refractivity contribution in [1.29, 1.82) is 5.26 Å². The number of nitrogens with zero attached hydrogens (tertiary/aromatic N) is 2. The minimum atomic E-state index is -0.970. The van der Waals surface area contributed by atoms with E-state index >= 15 is 0 Å². The van der Waals surface area contributed by atoms with Gasteiger partial charge in [0.05, 0.1) is 17.5 Å². The molecule has 0 bridgehead atoms. The molecule has 144 valence electrons. The standard InChI is InChI=1S/C19H24N4O3S/c1-13(2)8-9-19(3)17(25)23(18(26)22-19)12-16(24)21-14-6-4-5-7-15(14)27-11-10-20/h4-7,13H,8-9,11-12H2,1-3H3,(H,21,24)(H,22,26)/t19-/m1/s1. The molecule has 2 rings (SSSR count). The van der Waals surface area contributed by atoms with Gasteiger partial charge in [-0.1, -0.05) is 26.0 Å². The minimum Gasteiger partial charge on any atom is -0.324 e. The molecule has 0 radical (unpaired) electrons. The van der Waals surface area contributed by atoms with Gasteiger partial charge in [-0.05, 0) is 37.8 Å². The summed E-state index contributed by atoms with van der Waals surface area (Å²) in [5.74, 6) is -0.174. The van der Waals surface area contributed by atoms with Crippen molar-refractivity contribution in [3.05, 3.63) is 24.3 Å². The summed E-state index contributed by atoms with van der Waals surface area (Å²) in [7, 11) is 0. The van der Waals surface area contributed by atoms with Crippen molar-refractivity contribution in [2.24, 2.45) is 5.92 Å². The SMILES string of the molecule is CC(C)CC[C@@]1(C)NC(=O)N(CC(=O)Nc2ccccc2SCC#N)C1=O. The zero-order chi connectivity index (χ0) is 20.0. The Morgan fingerprint density at radius 2 is 2.07 bits per heavy atom. The lowest BCUT2D eigenvalue weighted by atomic mass is 9.92. The van der Waals surface area contributed by atoms with Crippen LogP contribution in [0.2, 0.25) is 0 Å². The predicted molar refractivity (Wildman–Crippen MR) is 104 cm³/mol. The first-order valence-electron chi connectivity index (χ1n) is 8.79. The summed E-state index contributed by atoms with van der Waals surface area (Å²) in [4.78, 5) is 39.0. The molecule has 1 fully saturated rings. The highest BCUT2D eigenvalue weighted by molar-refractivity contribution is 7.99. The van der Waals surface area contributed by atoms with Crippen LogP contribution in [0.4, 0.5) is 10.5 Å². The number of thioether (sulfide) groups is 1. The van der Waals surface area contributed by atoms with E-state index in [4.69, 9.17) is 5.26 Å². The number of imide groups is 1. The number of rotatable bonds is 8. The molecule has 1 aromatic carbocycles. The summed E-state index contributed by atoms with van der Waals surface area (Å²) in [5.41, 5.74) is -0.417. The van der Waals surface area contributed by atoms with Crippen molar-refractivity contribution < 1.29 is 14.4 Å². The molecule has 0 aliphatic carbocycles. The van der Waals surface area contributed by atoms with Gasteiger partial charge in [0, 0.05) is 4.90 Å². The molecule has 1 atom stereocenters. The third kappa shape index (κ3) is 5.23. The summed E-state index contributed by atoms with van der Waals surface area (Å²) in [6.07, 6.45) is 1.33. The van der Waals surface area contributed by atoms with Gasteiger partial charge in [0.25, 0.3) is 5.91 Å². The van der Waals surface area contributed by atoms with Crippen LogP contribution in [0.5, 0.6) is 0 Å². The maximum Gasteiger partial charge on any atom is 0.325 e. The minimum absolute atomic E-state index is 0.258. The summed E-state index contributed by atoms with van der Waals surface area (Å²) in [6.45, 7) is 5.45. The average Bonchev–Trinajstić information content (AvgIpc) is 2.83. The molecule has 8 heteroatoms. The van der Waals surface area contributed by atoms with Gasteiger partial charge >= 0.3 is 6.03 Å². The number of nitrogens with one attached hydrogen (secondary N) is 2. The maximum absolute atomic E-state index is 12.7. The van der Waals surface area contributed by atoms with E-state index in [0.717, 1.165) is 16.2 Å². The average molecular weight is 388 g/mol. The van der Waals surface area contributed by atoms with E-state index in [1.54, 1.807) is 25.1 Å². The molecule has 1 aromatic rings. The fourth-order valence-corrected chi connectivity index (χ4v) is 3.45. The molecule has 1 aliphatic rings. The van der Waals surface area contributed by atoms with Gasteiger partial charge in [0.1, 0.15) is 12.1 Å². The number of hydrogen-bond donors (Lipinski definition) is 2. The van der Waals surface area contributed by atoms with E-state index in [-0.39, 0.29) is 18.2 Å². The molecule has 0 aromatic heterocycles. The van der Waals surface area contributed by atoms with Gasteiger partial charge in [0.15, 0.2) is 0 Å². The Morgan fingerprint density at radius 3 is 2.74 bits per heavy atom. The number of carbonyl (C=O) groups excluding carboxylic acids is 3. The second-order valence-corrected chi connectivity index (χ2v) is 8.09. The molecule has 27 heavy (non-hydrogen) atoms. The largest absolute Gasteiger partial charge is 0.325 e. The van der Waals surface area contributed by atoms with Crippen LogP contribution in [0, 0.1) is 17.2 Å². The van der Waals surface area contributed by atoms with Gasteiger partial charge in [0.2, 0.25) is 5.91 Å². The fraction of sp³-hybridized carbons (Fsp3) is 0.474. The lowest BCUT2D eigenvalue weighted by Crippen LogP contribution is -2.44. The van der Waals surface area contributed by atoms with E-state index in [0.29, 0.717) is 18.0 Å². The summed E-state index contributed by atoms with van der Waals surface area (Å²) < 4.78 is 0. The van der Waals surface area contributed by atoms with Crippen LogP contribution in [-0.4, -0.2) is 40.6 Å². The Kier molecular flexibility index (Phi) is 6.86. The molecule has 1 heterocycles. The van der Waals surface area contributed by atoms with Crippen LogP contribution in [0.15, 0.2) is 29.2 Å². The van der Waals surface area contributed by atoms with Crippen LogP contribution in [0.3, 0.4) is 0 Å². The van der Waals surface area contributed by atoms with Crippen LogP contribution in [0.1, 0.15) is 33.6 Å². The monoisotopic (exact) mass is 388 g/mol. The lowest BCUT2D eigenvalue weighted by Gasteiger charge is -2.22. The number of para-hydroxylation sites is 1. The van der Waals surface area contributed by atoms with Crippen molar-refractivity contribution in [3.63, 3.8) is 0 Å². The van der Waals surface area contributed by atoms with Gasteiger partial charge in [-0.15, -0.1) is 11.8 Å². The van der Waals surface area contributed by atoms with Crippen molar-refractivity contribution in [3.8, 4) is 6.07 Å². The maximum atomic E-state index is 12.7. The third-order valence-electron chi connectivity index (χ3n) is 4.32. The van der Waals surface area contributed by atoms with Gasteiger partial charge in [-0.2, -0.15) is 5.26 Å². The molecular formula is C19H24N4O3S. The second kappa shape index (κ2) is 8.91. The molecule has 7 nitrogen and oxygen atoms in total. The van der Waals surface area contributed by atoms with Crippen molar-refractivity contribution in [2.45, 2.75) is 44.0 Å². The first-order chi connectivity index (χ1) is 12.8. The first-order valence-corrected chi connectivity index (χ1v) is 9.78. The number of amides is 4. The van der Waals surface area contributed by atoms with E-state index in [2.05, 4.69) is 24.5 Å². The quantitative estimate of drug-likeness (QED) is 0.526. The van der Waals surface area contributed by atoms with Crippen LogP contribution < -0.4 is 10.6 Å². The highest BCUT2D eigenvalue weighted by Crippen LogP contribution is 2.27. The van der Waals surface area contributed by atoms with Crippen LogP contribution in [0.25, 0.3) is 0 Å². The molecule has 0 saturated carbocycles. The molecular weight excluding hydrogens is 364 g/mol. The number of carbonyl (C=O) groups is 3. The Morgan fingerprint density at radius 1 is 1.37 bits per heavy atom. The van der Waals surface area contributed by atoms with Gasteiger partial charge in [-0.25, -0.2) is 4.79 Å². The first kappa shape index (κ1) is 20.8. The Balaban J connectivity index is 2.03. The van der Waals surface area contributed by atoms with Gasteiger partial charge in [-0.3, -0.25) is 14.5 Å². The Hall–Kier alpha value is -2.53. The van der Waals surface area contributed by atoms with Crippen molar-refractivity contribution >= 4 is 35.3 Å². The molecule has 1 saturated heterocycles. The second-order valence-electron chi connectivity index (χ2n) is 7.08. The normalized spacial score (nSPS) is 19.1. The molecule has 4 amide bonds. The van der Waals surface area contributed by atoms with Crippen molar-refractivity contribution in [1.82, 2.24) is 10.2 Å². The van der Waals surface area contributed by atoms with E-state index in [9.17, 15) is 14.4 Å². The van der Waals surface area contributed by atoms with Crippen LogP contribution in [-0.2, 0) is 9.59 Å². The highest BCUT2D eigenvalue weighted by atomic mass is 32.2. The third-order valence-corrected chi connectivity index (χ3v) is 5.26. The van der Waals surface area contributed by atoms with Gasteiger partial charge < -0.3 is 10.6 Å². The van der Waals surface area contributed by atoms with Crippen LogP contribution >= 0.6 is 11.8 Å². The summed E-state index contributed by atoms with van der Waals surface area (Å²) in [5, 5.41) is 14.2. The molecule has 2 N–H and O–H groups in total. The lowest BCUT2D eigenvalue weighted by molar-refractivity contribution is -0.133. The molecule has 0 spiro atoms. The number of benzene rings is 1. The summed E-state index contributed by atoms with van der Waals surface area (Å²) in [6, 6.07) is 8.59. The van der Waals surface area contributed by atoms with E-state index < -0.39 is 17.5 Å². The summed E-state index contributed by atoms with van der Waals surface area (Å²) >= 11 is 1.31. The number of anilines is 1. The molecule has 0 unspecified atom stereocenters. The predicted octanol–water partition coefficient (Wildman–Crippen LogP) is 2.99. The highest BCUT2D eigenvalue weighted by Gasteiger charge is 2.47. The Bertz CT molecular complexity index is 774. The molecule has 1 aliphatic heterocycles. The fourth-order valence-electron chi connectivity index (χ4n) is 2.78. The van der Waals surface area contributed by atoms with E-state index in [1.807, 2.05) is 12.1 Å². The smallest absolute Gasteiger partial charge is 0.324 e. The number of nitriles is 1. The zero-order valence-electron chi connectivity index (χ0n) is 15.7.